The third-order valence-electron chi connectivity index (χ3n) is 2.87. The summed E-state index contributed by atoms with van der Waals surface area (Å²) in [7, 11) is -4.79. The minimum absolute atomic E-state index is 0.153. The number of carbonyl (C=O) groups excluding carboxylic acids is 1. The molecule has 8 heteroatoms. The summed E-state index contributed by atoms with van der Waals surface area (Å²) in [5, 5.41) is -1.40. The topological polar surface area (TPSA) is 54.5 Å². The quantitative estimate of drug-likeness (QED) is 0.791. The van der Waals surface area contributed by atoms with Crippen molar-refractivity contribution < 1.29 is 25.9 Å². The molecule has 1 aliphatic rings. The number of nitrogens with zero attached hydrogens (tertiary/aromatic N) is 1. The van der Waals surface area contributed by atoms with Crippen LogP contribution in [0.1, 0.15) is 12.0 Å². The van der Waals surface area contributed by atoms with E-state index in [4.69, 9.17) is 0 Å². The lowest BCUT2D eigenvalue weighted by molar-refractivity contribution is -0.128. The maximum Gasteiger partial charge on any atom is 0.307 e. The predicted octanol–water partition coefficient (Wildman–Crippen LogP) is 1.36. The zero-order valence-electron chi connectivity index (χ0n) is 9.64. The van der Waals surface area contributed by atoms with Gasteiger partial charge in [0, 0.05) is 25.6 Å². The molecule has 0 spiro atoms. The Bertz CT molecular complexity index is 597. The molecule has 1 atom stereocenters. The molecule has 0 aliphatic carbocycles. The number of benzene rings is 1. The second kappa shape index (κ2) is 4.84. The molecule has 1 amide bonds. The van der Waals surface area contributed by atoms with Gasteiger partial charge in [0.05, 0.1) is 0 Å². The molecule has 1 saturated heterocycles. The lowest BCUT2D eigenvalue weighted by Crippen LogP contribution is -2.26. The van der Waals surface area contributed by atoms with Crippen molar-refractivity contribution in [3.8, 4) is 0 Å². The van der Waals surface area contributed by atoms with Crippen LogP contribution in [0.15, 0.2) is 18.2 Å². The third-order valence-corrected chi connectivity index (χ3v) is 3.98. The molecule has 0 saturated carbocycles. The highest BCUT2D eigenvalue weighted by molar-refractivity contribution is 7.87. The molecule has 19 heavy (non-hydrogen) atoms. The van der Waals surface area contributed by atoms with E-state index in [2.05, 4.69) is 0 Å². The van der Waals surface area contributed by atoms with Gasteiger partial charge in [0.15, 0.2) is 0 Å². The van der Waals surface area contributed by atoms with Crippen LogP contribution in [0, 0.1) is 11.6 Å². The van der Waals surface area contributed by atoms with E-state index < -0.39 is 39.4 Å². The van der Waals surface area contributed by atoms with Gasteiger partial charge in [-0.05, 0) is 17.7 Å². The summed E-state index contributed by atoms with van der Waals surface area (Å²) in [5.74, 6) is -2.15. The largest absolute Gasteiger partial charge is 0.337 e. The first kappa shape index (κ1) is 13.9. The van der Waals surface area contributed by atoms with Gasteiger partial charge >= 0.3 is 10.2 Å². The first-order valence-electron chi connectivity index (χ1n) is 5.42. The fourth-order valence-corrected chi connectivity index (χ4v) is 2.70. The number of rotatable bonds is 3. The molecule has 0 bridgehead atoms. The van der Waals surface area contributed by atoms with Crippen LogP contribution in [-0.4, -0.2) is 31.0 Å². The Morgan fingerprint density at radius 2 is 1.79 bits per heavy atom. The zero-order valence-corrected chi connectivity index (χ0v) is 10.5. The van der Waals surface area contributed by atoms with Crippen LogP contribution in [0.25, 0.3) is 0 Å². The molecular weight excluding hydrogens is 283 g/mol. The zero-order chi connectivity index (χ0) is 14.2. The fourth-order valence-electron chi connectivity index (χ4n) is 2.00. The van der Waals surface area contributed by atoms with Crippen molar-refractivity contribution in [3.05, 3.63) is 35.4 Å². The van der Waals surface area contributed by atoms with E-state index >= 15 is 0 Å². The molecule has 0 N–H and O–H groups in total. The summed E-state index contributed by atoms with van der Waals surface area (Å²) in [6.45, 7) is -0.463. The Labute approximate surface area is 108 Å². The summed E-state index contributed by atoms with van der Waals surface area (Å²) in [6, 6.07) is 2.76. The van der Waals surface area contributed by atoms with E-state index in [0.717, 1.165) is 17.0 Å². The van der Waals surface area contributed by atoms with Crippen LogP contribution in [0.3, 0.4) is 0 Å². The van der Waals surface area contributed by atoms with Crippen molar-refractivity contribution in [3.63, 3.8) is 0 Å². The molecule has 1 fully saturated rings. The van der Waals surface area contributed by atoms with Gasteiger partial charge in [-0.3, -0.25) is 4.79 Å². The first-order chi connectivity index (χ1) is 8.75. The highest BCUT2D eigenvalue weighted by Gasteiger charge is 2.38. The van der Waals surface area contributed by atoms with Crippen LogP contribution in [0.2, 0.25) is 0 Å². The predicted molar refractivity (Wildman–Crippen MR) is 60.2 cm³/mol. The normalized spacial score (nSPS) is 20.1. The Balaban J connectivity index is 2.14. The molecule has 0 aromatic heterocycles. The highest BCUT2D eigenvalue weighted by Crippen LogP contribution is 2.22. The number of halogens is 3. The standard InChI is InChI=1S/C11H10F3NO3S/c12-8-1-7(2-9(13)3-8)5-15-6-10(4-11(15)16)19(14,17)18/h1-3,10H,4-6H2. The minimum Gasteiger partial charge on any atom is -0.337 e. The average Bonchev–Trinajstić information content (AvgIpc) is 2.58. The molecule has 2 rings (SSSR count). The van der Waals surface area contributed by atoms with Gasteiger partial charge in [-0.25, -0.2) is 8.78 Å². The van der Waals surface area contributed by atoms with Crippen LogP contribution < -0.4 is 0 Å². The Morgan fingerprint density at radius 3 is 2.26 bits per heavy atom. The van der Waals surface area contributed by atoms with E-state index in [1.54, 1.807) is 0 Å². The maximum atomic E-state index is 13.0. The van der Waals surface area contributed by atoms with Crippen molar-refractivity contribution in [2.45, 2.75) is 18.2 Å². The summed E-state index contributed by atoms with van der Waals surface area (Å²) in [4.78, 5) is 12.6. The average molecular weight is 293 g/mol. The molecule has 1 heterocycles. The molecule has 0 radical (unpaired) electrons. The highest BCUT2D eigenvalue weighted by atomic mass is 32.3. The van der Waals surface area contributed by atoms with Gasteiger partial charge in [0.2, 0.25) is 5.91 Å². The van der Waals surface area contributed by atoms with E-state index in [0.29, 0.717) is 6.07 Å². The molecule has 1 unspecified atom stereocenters. The number of likely N-dealkylation sites (tertiary alicyclic amines) is 1. The Morgan fingerprint density at radius 1 is 1.21 bits per heavy atom. The molecule has 104 valence electrons. The van der Waals surface area contributed by atoms with Crippen molar-refractivity contribution in [1.29, 1.82) is 0 Å². The van der Waals surface area contributed by atoms with Crippen molar-refractivity contribution in [1.82, 2.24) is 4.90 Å². The molecular formula is C11H10F3NO3S. The SMILES string of the molecule is O=C1CC(S(=O)(=O)F)CN1Cc1cc(F)cc(F)c1. The van der Waals surface area contributed by atoms with Crippen LogP contribution in [0.4, 0.5) is 12.7 Å². The van der Waals surface area contributed by atoms with E-state index in [1.807, 2.05) is 0 Å². The van der Waals surface area contributed by atoms with Crippen LogP contribution in [0.5, 0.6) is 0 Å². The van der Waals surface area contributed by atoms with E-state index in [9.17, 15) is 25.9 Å². The molecule has 1 aromatic carbocycles. The summed E-state index contributed by atoms with van der Waals surface area (Å²) in [5.41, 5.74) is 0.183. The van der Waals surface area contributed by atoms with Gasteiger partial charge in [-0.2, -0.15) is 8.42 Å². The Hall–Kier alpha value is -1.57. The second-order valence-electron chi connectivity index (χ2n) is 4.35. The minimum atomic E-state index is -4.79. The van der Waals surface area contributed by atoms with Gasteiger partial charge in [0.1, 0.15) is 16.9 Å². The second-order valence-corrected chi connectivity index (χ2v) is 5.97. The summed E-state index contributed by atoms with van der Waals surface area (Å²) >= 11 is 0. The van der Waals surface area contributed by atoms with Crippen molar-refractivity contribution >= 4 is 16.1 Å². The smallest absolute Gasteiger partial charge is 0.307 e. The lowest BCUT2D eigenvalue weighted by atomic mass is 10.2. The third kappa shape index (κ3) is 3.25. The van der Waals surface area contributed by atoms with Gasteiger partial charge in [-0.15, -0.1) is 3.89 Å². The van der Waals surface area contributed by atoms with Crippen molar-refractivity contribution in [2.24, 2.45) is 0 Å². The van der Waals surface area contributed by atoms with Crippen LogP contribution >= 0.6 is 0 Å². The number of carbonyl (C=O) groups is 1. The summed E-state index contributed by atoms with van der Waals surface area (Å²) < 4.78 is 60.2. The molecule has 4 nitrogen and oxygen atoms in total. The fraction of sp³-hybridized carbons (Fsp3) is 0.364. The summed E-state index contributed by atoms with van der Waals surface area (Å²) in [6.07, 6.45) is -0.448. The number of amides is 1. The Kier molecular flexibility index (Phi) is 3.53. The van der Waals surface area contributed by atoms with Crippen LogP contribution in [-0.2, 0) is 21.6 Å². The number of hydrogen-bond donors (Lipinski definition) is 0. The van der Waals surface area contributed by atoms with Crippen molar-refractivity contribution in [2.75, 3.05) is 6.54 Å². The van der Waals surface area contributed by atoms with Gasteiger partial charge < -0.3 is 4.90 Å². The van der Waals surface area contributed by atoms with E-state index in [1.165, 1.54) is 0 Å². The monoisotopic (exact) mass is 293 g/mol. The maximum absolute atomic E-state index is 13.0. The number of hydrogen-bond acceptors (Lipinski definition) is 3. The molecule has 1 aromatic rings. The van der Waals surface area contributed by atoms with Gasteiger partial charge in [-0.1, -0.05) is 0 Å². The van der Waals surface area contributed by atoms with E-state index in [-0.39, 0.29) is 18.7 Å². The molecule has 1 aliphatic heterocycles. The van der Waals surface area contributed by atoms with Gasteiger partial charge in [0.25, 0.3) is 0 Å². The lowest BCUT2D eigenvalue weighted by Gasteiger charge is -2.16. The first-order valence-corrected chi connectivity index (χ1v) is 6.86.